The molecule has 1 aromatic heterocycles. The van der Waals surface area contributed by atoms with Crippen LogP contribution in [0, 0.1) is 0 Å². The van der Waals surface area contributed by atoms with Gasteiger partial charge in [-0.15, -0.1) is 0 Å². The third-order valence-electron chi connectivity index (χ3n) is 4.25. The van der Waals surface area contributed by atoms with Crippen molar-refractivity contribution in [1.29, 1.82) is 0 Å². The van der Waals surface area contributed by atoms with Gasteiger partial charge in [-0.25, -0.2) is 18.4 Å². The number of nitrogens with zero attached hydrogens (tertiary/aromatic N) is 4. The maximum absolute atomic E-state index is 12.4. The molecule has 0 bridgehead atoms. The van der Waals surface area contributed by atoms with Crippen LogP contribution in [-0.4, -0.2) is 68.7 Å². The Hall–Kier alpha value is -2.52. The van der Waals surface area contributed by atoms with E-state index in [1.807, 2.05) is 0 Å². The number of aromatic nitrogens is 2. The molecule has 1 fully saturated rings. The lowest BCUT2D eigenvalue weighted by Gasteiger charge is -2.33. The van der Waals surface area contributed by atoms with E-state index in [2.05, 4.69) is 32.1 Å². The summed E-state index contributed by atoms with van der Waals surface area (Å²) in [6, 6.07) is 7.69. The Bertz CT molecular complexity index is 891. The van der Waals surface area contributed by atoms with Crippen molar-refractivity contribution in [1.82, 2.24) is 14.9 Å². The highest BCUT2D eigenvalue weighted by atomic mass is 32.2. The third-order valence-corrected chi connectivity index (χ3v) is 5.38. The maximum Gasteiger partial charge on any atom is 0.274 e. The van der Waals surface area contributed by atoms with Crippen LogP contribution >= 0.6 is 0 Å². The summed E-state index contributed by atoms with van der Waals surface area (Å²) in [4.78, 5) is 25.3. The zero-order valence-electron chi connectivity index (χ0n) is 14.7. The zero-order chi connectivity index (χ0) is 18.7. The minimum Gasteiger partial charge on any atom is -0.354 e. The van der Waals surface area contributed by atoms with E-state index in [9.17, 15) is 13.2 Å². The van der Waals surface area contributed by atoms with E-state index in [-0.39, 0.29) is 16.5 Å². The molecule has 1 saturated heterocycles. The quantitative estimate of drug-likeness (QED) is 0.848. The molecule has 2 aromatic rings. The number of anilines is 2. The van der Waals surface area contributed by atoms with Crippen LogP contribution in [0.1, 0.15) is 10.5 Å². The van der Waals surface area contributed by atoms with Gasteiger partial charge < -0.3 is 15.1 Å². The normalized spacial score (nSPS) is 15.7. The van der Waals surface area contributed by atoms with Crippen LogP contribution < -0.4 is 10.2 Å². The molecule has 0 atom stereocenters. The van der Waals surface area contributed by atoms with Gasteiger partial charge >= 0.3 is 0 Å². The molecular weight excluding hydrogens is 354 g/mol. The SMILES string of the molecule is CN1CCN(c2cc(C(=O)Nc3ccc(S(C)(=O)=O)cc3)ncn2)CC1. The van der Waals surface area contributed by atoms with Gasteiger partial charge in [0.25, 0.3) is 5.91 Å². The Morgan fingerprint density at radius 1 is 1.08 bits per heavy atom. The summed E-state index contributed by atoms with van der Waals surface area (Å²) in [6.45, 7) is 3.58. The molecule has 1 N–H and O–H groups in total. The fourth-order valence-corrected chi connectivity index (χ4v) is 3.29. The number of hydrogen-bond donors (Lipinski definition) is 1. The first-order valence-corrected chi connectivity index (χ1v) is 10.1. The Balaban J connectivity index is 1.71. The summed E-state index contributed by atoms with van der Waals surface area (Å²) in [5.74, 6) is 0.362. The second-order valence-corrected chi connectivity index (χ2v) is 8.32. The highest BCUT2D eigenvalue weighted by Crippen LogP contribution is 2.16. The smallest absolute Gasteiger partial charge is 0.274 e. The Morgan fingerprint density at radius 2 is 1.73 bits per heavy atom. The first kappa shape index (κ1) is 18.3. The predicted molar refractivity (Wildman–Crippen MR) is 99.2 cm³/mol. The van der Waals surface area contributed by atoms with E-state index in [0.29, 0.717) is 5.69 Å². The fraction of sp³-hybridized carbons (Fsp3) is 0.353. The Kier molecular flexibility index (Phi) is 5.19. The number of carbonyl (C=O) groups excluding carboxylic acids is 1. The average molecular weight is 375 g/mol. The number of rotatable bonds is 4. The van der Waals surface area contributed by atoms with Crippen LogP contribution in [0.4, 0.5) is 11.5 Å². The van der Waals surface area contributed by atoms with E-state index >= 15 is 0 Å². The first-order chi connectivity index (χ1) is 12.3. The predicted octanol–water partition coefficient (Wildman–Crippen LogP) is 0.884. The van der Waals surface area contributed by atoms with Crippen LogP contribution in [0.2, 0.25) is 0 Å². The van der Waals surface area contributed by atoms with Gasteiger partial charge in [-0.1, -0.05) is 0 Å². The van der Waals surface area contributed by atoms with Gasteiger partial charge in [0.1, 0.15) is 17.8 Å². The molecule has 8 nitrogen and oxygen atoms in total. The molecule has 138 valence electrons. The largest absolute Gasteiger partial charge is 0.354 e. The maximum atomic E-state index is 12.4. The summed E-state index contributed by atoms with van der Waals surface area (Å²) >= 11 is 0. The monoisotopic (exact) mass is 375 g/mol. The van der Waals surface area contributed by atoms with Crippen molar-refractivity contribution in [3.63, 3.8) is 0 Å². The molecule has 1 amide bonds. The highest BCUT2D eigenvalue weighted by molar-refractivity contribution is 7.90. The summed E-state index contributed by atoms with van der Waals surface area (Å²) < 4.78 is 23.0. The lowest BCUT2D eigenvalue weighted by atomic mass is 10.2. The van der Waals surface area contributed by atoms with Crippen LogP contribution in [-0.2, 0) is 9.84 Å². The van der Waals surface area contributed by atoms with E-state index in [0.717, 1.165) is 38.3 Å². The summed E-state index contributed by atoms with van der Waals surface area (Å²) in [7, 11) is -1.19. The number of amides is 1. The molecule has 3 rings (SSSR count). The molecule has 9 heteroatoms. The average Bonchev–Trinajstić information content (AvgIpc) is 2.62. The molecule has 26 heavy (non-hydrogen) atoms. The number of piperazine rings is 1. The molecule has 1 aromatic carbocycles. The molecule has 0 spiro atoms. The Morgan fingerprint density at radius 3 is 2.35 bits per heavy atom. The fourth-order valence-electron chi connectivity index (χ4n) is 2.66. The minimum atomic E-state index is -3.26. The summed E-state index contributed by atoms with van der Waals surface area (Å²) in [5, 5.41) is 2.72. The van der Waals surface area contributed by atoms with Crippen molar-refractivity contribution in [2.24, 2.45) is 0 Å². The van der Waals surface area contributed by atoms with Gasteiger partial charge in [0, 0.05) is 44.2 Å². The molecule has 0 saturated carbocycles. The number of hydrogen-bond acceptors (Lipinski definition) is 7. The number of sulfone groups is 1. The van der Waals surface area contributed by atoms with Crippen molar-refractivity contribution >= 4 is 27.2 Å². The van der Waals surface area contributed by atoms with Crippen molar-refractivity contribution in [2.75, 3.05) is 49.7 Å². The van der Waals surface area contributed by atoms with E-state index in [1.165, 1.54) is 18.5 Å². The van der Waals surface area contributed by atoms with E-state index in [4.69, 9.17) is 0 Å². The van der Waals surface area contributed by atoms with Crippen LogP contribution in [0.3, 0.4) is 0 Å². The topological polar surface area (TPSA) is 95.5 Å². The van der Waals surface area contributed by atoms with Crippen molar-refractivity contribution in [3.05, 3.63) is 42.4 Å². The molecule has 0 radical (unpaired) electrons. The molecular formula is C17H21N5O3S. The van der Waals surface area contributed by atoms with Gasteiger partial charge in [0.2, 0.25) is 0 Å². The molecule has 2 heterocycles. The van der Waals surface area contributed by atoms with Gasteiger partial charge in [-0.05, 0) is 31.3 Å². The molecule has 0 unspecified atom stereocenters. The van der Waals surface area contributed by atoms with E-state index in [1.54, 1.807) is 18.2 Å². The molecule has 1 aliphatic heterocycles. The van der Waals surface area contributed by atoms with Crippen molar-refractivity contribution < 1.29 is 13.2 Å². The van der Waals surface area contributed by atoms with Gasteiger partial charge in [-0.3, -0.25) is 4.79 Å². The standard InChI is InChI=1S/C17H21N5O3S/c1-21-7-9-22(10-8-21)16-11-15(18-12-19-16)17(23)20-13-3-5-14(6-4-13)26(2,24)25/h3-6,11-12H,7-10H2,1-2H3,(H,20,23). The zero-order valence-corrected chi connectivity index (χ0v) is 15.5. The lowest BCUT2D eigenvalue weighted by molar-refractivity contribution is 0.102. The summed E-state index contributed by atoms with van der Waals surface area (Å²) in [6.07, 6.45) is 2.52. The van der Waals surface area contributed by atoms with Crippen LogP contribution in [0.15, 0.2) is 41.6 Å². The highest BCUT2D eigenvalue weighted by Gasteiger charge is 2.17. The van der Waals surface area contributed by atoms with Gasteiger partial charge in [-0.2, -0.15) is 0 Å². The lowest BCUT2D eigenvalue weighted by Crippen LogP contribution is -2.44. The summed E-state index contributed by atoms with van der Waals surface area (Å²) in [5.41, 5.74) is 0.767. The molecule has 0 aliphatic carbocycles. The van der Waals surface area contributed by atoms with Crippen molar-refractivity contribution in [2.45, 2.75) is 4.90 Å². The van der Waals surface area contributed by atoms with Crippen LogP contribution in [0.25, 0.3) is 0 Å². The first-order valence-electron chi connectivity index (χ1n) is 8.20. The van der Waals surface area contributed by atoms with Crippen molar-refractivity contribution in [3.8, 4) is 0 Å². The molecule has 1 aliphatic rings. The number of nitrogens with one attached hydrogen (secondary N) is 1. The number of likely N-dealkylation sites (N-methyl/N-ethyl adjacent to an activating group) is 1. The third kappa shape index (κ3) is 4.36. The second-order valence-electron chi connectivity index (χ2n) is 6.30. The van der Waals surface area contributed by atoms with Gasteiger partial charge in [0.05, 0.1) is 4.90 Å². The number of carbonyl (C=O) groups is 1. The van der Waals surface area contributed by atoms with Gasteiger partial charge in [0.15, 0.2) is 9.84 Å². The van der Waals surface area contributed by atoms with Crippen LogP contribution in [0.5, 0.6) is 0 Å². The van der Waals surface area contributed by atoms with E-state index < -0.39 is 9.84 Å². The second kappa shape index (κ2) is 7.38. The minimum absolute atomic E-state index is 0.204. The number of benzene rings is 1. The Labute approximate surface area is 152 Å².